The molecule has 6 heterocycles. The Morgan fingerprint density at radius 3 is 1.71 bits per heavy atom. The number of benzene rings is 6. The molecule has 0 aliphatic carbocycles. The Kier molecular flexibility index (Phi) is 5.09. The molecule has 0 radical (unpaired) electrons. The molecule has 8 nitrogen and oxygen atoms in total. The van der Waals surface area contributed by atoms with Crippen LogP contribution in [0.5, 0.6) is 0 Å². The van der Waals surface area contributed by atoms with Crippen LogP contribution < -0.4 is 0 Å². The van der Waals surface area contributed by atoms with Crippen LogP contribution in [-0.2, 0) is 0 Å². The van der Waals surface area contributed by atoms with Crippen molar-refractivity contribution < 1.29 is 0 Å². The second-order valence-corrected chi connectivity index (χ2v) is 13.1. The average Bonchev–Trinajstić information content (AvgIpc) is 3.97. The van der Waals surface area contributed by atoms with E-state index in [1.807, 2.05) is 12.1 Å². The van der Waals surface area contributed by atoms with Gasteiger partial charge in [-0.05, 0) is 84.9 Å². The zero-order valence-electron chi connectivity index (χ0n) is 27.1. The minimum absolute atomic E-state index is 0.732. The Morgan fingerprint density at radius 1 is 0.353 bits per heavy atom. The number of rotatable bonds is 3. The third-order valence-electron chi connectivity index (χ3n) is 10.3. The van der Waals surface area contributed by atoms with Gasteiger partial charge in [0.2, 0.25) is 11.6 Å². The Hall–Kier alpha value is -7.19. The highest BCUT2D eigenvalue weighted by molar-refractivity contribution is 6.10. The van der Waals surface area contributed by atoms with Crippen LogP contribution in [0.25, 0.3) is 94.7 Å². The molecule has 0 unspecified atom stereocenters. The molecule has 0 aliphatic rings. The fourth-order valence-corrected chi connectivity index (χ4v) is 8.25. The Balaban J connectivity index is 1.13. The van der Waals surface area contributed by atoms with Gasteiger partial charge >= 0.3 is 0 Å². The normalized spacial score (nSPS) is 12.3. The van der Waals surface area contributed by atoms with Crippen molar-refractivity contribution in [2.45, 2.75) is 0 Å². The van der Waals surface area contributed by atoms with E-state index >= 15 is 0 Å². The topological polar surface area (TPSA) is 62.3 Å². The van der Waals surface area contributed by atoms with Gasteiger partial charge in [-0.2, -0.15) is 4.98 Å². The average molecular weight is 655 g/mol. The lowest BCUT2D eigenvalue weighted by Gasteiger charge is -2.12. The smallest absolute Gasteiger partial charge is 0.222 e. The highest BCUT2D eigenvalue weighted by Crippen LogP contribution is 2.37. The lowest BCUT2D eigenvalue weighted by Crippen LogP contribution is -2.00. The molecule has 0 saturated carbocycles. The molecule has 238 valence electrons. The van der Waals surface area contributed by atoms with Gasteiger partial charge in [-0.25, -0.2) is 9.97 Å². The monoisotopic (exact) mass is 654 g/mol. The number of imidazole rings is 4. The van der Waals surface area contributed by atoms with E-state index in [0.717, 1.165) is 83.9 Å². The van der Waals surface area contributed by atoms with E-state index < -0.39 is 0 Å². The molecule has 6 aromatic carbocycles. The van der Waals surface area contributed by atoms with Crippen LogP contribution in [0.15, 0.2) is 158 Å². The molecule has 0 atom stereocenters. The fraction of sp³-hybridized carbons (Fsp3) is 0. The van der Waals surface area contributed by atoms with Crippen molar-refractivity contribution in [2.24, 2.45) is 0 Å². The number of aromatic nitrogens is 8. The maximum absolute atomic E-state index is 5.13. The first-order valence-corrected chi connectivity index (χ1v) is 17.1. The van der Waals surface area contributed by atoms with Crippen molar-refractivity contribution in [1.82, 2.24) is 37.5 Å². The third-order valence-corrected chi connectivity index (χ3v) is 10.3. The van der Waals surface area contributed by atoms with Crippen LogP contribution >= 0.6 is 0 Å². The second kappa shape index (κ2) is 9.71. The maximum atomic E-state index is 5.13. The van der Waals surface area contributed by atoms with Gasteiger partial charge in [-0.1, -0.05) is 66.7 Å². The van der Waals surface area contributed by atoms with Crippen molar-refractivity contribution >= 4 is 77.6 Å². The molecular weight excluding hydrogens is 629 g/mol. The van der Waals surface area contributed by atoms with Crippen molar-refractivity contribution in [1.29, 1.82) is 0 Å². The Bertz CT molecular complexity index is 3390. The van der Waals surface area contributed by atoms with Gasteiger partial charge < -0.3 is 4.57 Å². The standard InChI is InChI=1S/C43H26N8/c1-3-15-33-30(13-1)31-23-22-29(49-36-18-6-8-20-38(36)51-39-21-10-24-44-41(39)46-43(49)51)26-40(31)47(33)27-11-9-12-28(25-27)48-35-17-5-7-19-37(35)50-34-16-4-2-14-32(34)45-42(48)50/h1-26H. The number of pyridine rings is 1. The van der Waals surface area contributed by atoms with E-state index in [0.29, 0.717) is 0 Å². The van der Waals surface area contributed by atoms with Gasteiger partial charge in [0, 0.05) is 22.7 Å². The summed E-state index contributed by atoms with van der Waals surface area (Å²) < 4.78 is 11.4. The molecule has 0 bridgehead atoms. The molecule has 0 fully saturated rings. The van der Waals surface area contributed by atoms with Gasteiger partial charge in [0.15, 0.2) is 5.65 Å². The molecule has 12 rings (SSSR count). The van der Waals surface area contributed by atoms with E-state index in [2.05, 4.69) is 167 Å². The van der Waals surface area contributed by atoms with Gasteiger partial charge in [0.1, 0.15) is 0 Å². The van der Waals surface area contributed by atoms with Crippen LogP contribution in [0.3, 0.4) is 0 Å². The number of hydrogen-bond donors (Lipinski definition) is 0. The zero-order chi connectivity index (χ0) is 33.2. The van der Waals surface area contributed by atoms with E-state index in [9.17, 15) is 0 Å². The van der Waals surface area contributed by atoms with Gasteiger partial charge in [0.05, 0.1) is 61.0 Å². The summed E-state index contributed by atoms with van der Waals surface area (Å²) in [6.45, 7) is 0. The van der Waals surface area contributed by atoms with Crippen LogP contribution in [-0.4, -0.2) is 37.5 Å². The molecule has 8 heteroatoms. The van der Waals surface area contributed by atoms with Crippen LogP contribution in [0.2, 0.25) is 0 Å². The molecule has 12 aromatic rings. The van der Waals surface area contributed by atoms with Crippen molar-refractivity contribution in [3.8, 4) is 17.1 Å². The Morgan fingerprint density at radius 2 is 0.922 bits per heavy atom. The van der Waals surface area contributed by atoms with Gasteiger partial charge in [0.25, 0.3) is 0 Å². The summed E-state index contributed by atoms with van der Waals surface area (Å²) >= 11 is 0. The highest BCUT2D eigenvalue weighted by Gasteiger charge is 2.21. The first kappa shape index (κ1) is 26.7. The summed E-state index contributed by atoms with van der Waals surface area (Å²) in [5.41, 5.74) is 13.6. The fourth-order valence-electron chi connectivity index (χ4n) is 8.25. The first-order valence-electron chi connectivity index (χ1n) is 17.1. The summed E-state index contributed by atoms with van der Waals surface area (Å²) in [5.74, 6) is 1.73. The van der Waals surface area contributed by atoms with Gasteiger partial charge in [-0.15, -0.1) is 0 Å². The zero-order valence-corrected chi connectivity index (χ0v) is 27.1. The molecule has 0 spiro atoms. The SMILES string of the molecule is c1cc(-n2c3ccccc3c3ccc(-n4c5ccccc5n5c6cccnc6nc45)cc32)cc(-n2c3ccccc3n3c4ccccc4nc23)c1. The molecule has 0 N–H and O–H groups in total. The number of fused-ring (bicyclic) bond motifs is 13. The second-order valence-electron chi connectivity index (χ2n) is 13.1. The van der Waals surface area contributed by atoms with Crippen molar-refractivity contribution in [3.63, 3.8) is 0 Å². The minimum atomic E-state index is 0.732. The quantitative estimate of drug-likeness (QED) is 0.191. The van der Waals surface area contributed by atoms with Crippen molar-refractivity contribution in [2.75, 3.05) is 0 Å². The summed E-state index contributed by atoms with van der Waals surface area (Å²) in [7, 11) is 0. The Labute approximate surface area is 289 Å². The van der Waals surface area contributed by atoms with Crippen LogP contribution in [0, 0.1) is 0 Å². The van der Waals surface area contributed by atoms with Crippen molar-refractivity contribution in [3.05, 3.63) is 158 Å². The van der Waals surface area contributed by atoms with E-state index in [1.165, 1.54) is 10.8 Å². The first-order chi connectivity index (χ1) is 25.3. The molecule has 0 amide bonds. The summed E-state index contributed by atoms with van der Waals surface area (Å²) in [6.07, 6.45) is 1.80. The number of hydrogen-bond acceptors (Lipinski definition) is 3. The molecule has 51 heavy (non-hydrogen) atoms. The van der Waals surface area contributed by atoms with Crippen LogP contribution in [0.4, 0.5) is 0 Å². The number of nitrogens with zero attached hydrogens (tertiary/aromatic N) is 8. The molecule has 0 aliphatic heterocycles. The summed E-state index contributed by atoms with van der Waals surface area (Å²) in [4.78, 5) is 14.8. The lowest BCUT2D eigenvalue weighted by molar-refractivity contribution is 1.09. The van der Waals surface area contributed by atoms with Gasteiger partial charge in [-0.3, -0.25) is 17.9 Å². The summed E-state index contributed by atoms with van der Waals surface area (Å²) in [5, 5.41) is 2.40. The molecular formula is C43H26N8. The number of para-hydroxylation sites is 7. The minimum Gasteiger partial charge on any atom is -0.309 e. The molecule has 0 saturated heterocycles. The van der Waals surface area contributed by atoms with E-state index in [-0.39, 0.29) is 0 Å². The summed E-state index contributed by atoms with van der Waals surface area (Å²) in [6, 6.07) is 53.6. The third kappa shape index (κ3) is 3.50. The predicted molar refractivity (Wildman–Crippen MR) is 205 cm³/mol. The van der Waals surface area contributed by atoms with Crippen LogP contribution in [0.1, 0.15) is 0 Å². The largest absolute Gasteiger partial charge is 0.309 e. The van der Waals surface area contributed by atoms with E-state index in [4.69, 9.17) is 9.97 Å². The maximum Gasteiger partial charge on any atom is 0.222 e. The van der Waals surface area contributed by atoms with E-state index in [1.54, 1.807) is 6.20 Å². The lowest BCUT2D eigenvalue weighted by atomic mass is 10.1. The highest BCUT2D eigenvalue weighted by atomic mass is 15.2. The predicted octanol–water partition coefficient (Wildman–Crippen LogP) is 9.67. The molecule has 6 aromatic heterocycles.